The molecule has 1 N–H and O–H groups in total. The van der Waals surface area contributed by atoms with E-state index in [-0.39, 0.29) is 11.5 Å². The number of aromatic nitrogens is 8. The summed E-state index contributed by atoms with van der Waals surface area (Å²) in [4.78, 5) is 18.4. The average Bonchev–Trinajstić information content (AvgIpc) is 3.65. The van der Waals surface area contributed by atoms with E-state index in [1.807, 2.05) is 48.5 Å². The van der Waals surface area contributed by atoms with Crippen molar-refractivity contribution in [2.45, 2.75) is 32.7 Å². The van der Waals surface area contributed by atoms with E-state index in [0.29, 0.717) is 36.0 Å². The minimum absolute atomic E-state index is 0.258. The van der Waals surface area contributed by atoms with Crippen molar-refractivity contribution in [3.8, 4) is 33.8 Å². The third-order valence-electron chi connectivity index (χ3n) is 6.68. The zero-order chi connectivity index (χ0) is 26.8. The summed E-state index contributed by atoms with van der Waals surface area (Å²) in [6.45, 7) is 2.47. The molecule has 3 heterocycles. The lowest BCUT2D eigenvalue weighted by atomic mass is 9.98. The van der Waals surface area contributed by atoms with E-state index < -0.39 is 0 Å². The summed E-state index contributed by atoms with van der Waals surface area (Å²) in [6.07, 6.45) is 2.57. The van der Waals surface area contributed by atoms with Crippen LogP contribution in [0.25, 0.3) is 39.4 Å². The van der Waals surface area contributed by atoms with Crippen LogP contribution in [0.4, 0.5) is 4.39 Å². The lowest BCUT2D eigenvalue weighted by Gasteiger charge is -2.13. The number of aromatic amines is 1. The number of nitrogens with one attached hydrogen (secondary N) is 1. The van der Waals surface area contributed by atoms with Crippen LogP contribution in [0.15, 0.2) is 83.7 Å². The second-order valence-electron chi connectivity index (χ2n) is 9.30. The SMILES string of the molecule is CCCCc1nc2cc(-c3ccc(F)cc3)nn2c(=O)n1Cc1ccc(-c2ccccc2-c2nnn[nH]2)cc1. The number of benzene rings is 3. The number of H-pyrrole nitrogens is 1. The van der Waals surface area contributed by atoms with Crippen LogP contribution in [0.2, 0.25) is 0 Å². The Morgan fingerprint density at radius 3 is 2.38 bits per heavy atom. The molecule has 0 radical (unpaired) electrons. The van der Waals surface area contributed by atoms with Crippen molar-refractivity contribution in [2.75, 3.05) is 0 Å². The number of hydrogen-bond acceptors (Lipinski definition) is 6. The summed E-state index contributed by atoms with van der Waals surface area (Å²) in [5.41, 5.74) is 5.39. The fourth-order valence-corrected chi connectivity index (χ4v) is 4.64. The molecule has 0 saturated carbocycles. The molecule has 0 saturated heterocycles. The maximum atomic E-state index is 13.6. The van der Waals surface area contributed by atoms with E-state index in [4.69, 9.17) is 4.98 Å². The molecule has 6 rings (SSSR count). The van der Waals surface area contributed by atoms with Crippen LogP contribution in [0.3, 0.4) is 0 Å². The first kappa shape index (κ1) is 24.4. The van der Waals surface area contributed by atoms with Gasteiger partial charge in [0.15, 0.2) is 11.5 Å². The van der Waals surface area contributed by atoms with Crippen molar-refractivity contribution in [3.05, 3.63) is 107 Å². The number of halogens is 1. The highest BCUT2D eigenvalue weighted by Crippen LogP contribution is 2.30. The van der Waals surface area contributed by atoms with Crippen molar-refractivity contribution in [1.82, 2.24) is 39.8 Å². The molecule has 0 aliphatic heterocycles. The molecule has 6 aromatic rings. The van der Waals surface area contributed by atoms with Gasteiger partial charge in [0.1, 0.15) is 11.6 Å². The number of fused-ring (bicyclic) bond motifs is 1. The molecule has 9 nitrogen and oxygen atoms in total. The van der Waals surface area contributed by atoms with E-state index in [1.165, 1.54) is 16.6 Å². The Hall–Kier alpha value is -4.99. The zero-order valence-electron chi connectivity index (χ0n) is 21.3. The highest BCUT2D eigenvalue weighted by atomic mass is 19.1. The quantitative estimate of drug-likeness (QED) is 0.305. The Morgan fingerprint density at radius 1 is 0.923 bits per heavy atom. The molecule has 0 bridgehead atoms. The maximum absolute atomic E-state index is 13.6. The fraction of sp³-hybridized carbons (Fsp3) is 0.172. The van der Waals surface area contributed by atoms with Gasteiger partial charge in [-0.2, -0.15) is 9.61 Å². The highest BCUT2D eigenvalue weighted by Gasteiger charge is 2.16. The standard InChI is InChI=1S/C29H25FN8O/c1-2-3-8-26-31-27-17-25(21-13-15-22(30)16-14-21)34-38(27)29(39)37(26)18-19-9-11-20(12-10-19)23-6-4-5-7-24(23)28-32-35-36-33-28/h4-7,9-17H,2-3,8,18H2,1H3,(H,32,33,35,36). The van der Waals surface area contributed by atoms with E-state index in [9.17, 15) is 9.18 Å². The number of aryl methyl sites for hydroxylation is 1. The minimum atomic E-state index is -0.325. The van der Waals surface area contributed by atoms with Gasteiger partial charge in [0, 0.05) is 23.6 Å². The Labute approximate surface area is 223 Å². The van der Waals surface area contributed by atoms with Crippen LogP contribution in [-0.2, 0) is 13.0 Å². The number of rotatable bonds is 8. The normalized spacial score (nSPS) is 11.3. The summed E-state index contributed by atoms with van der Waals surface area (Å²) >= 11 is 0. The number of tetrazole rings is 1. The third kappa shape index (κ3) is 4.84. The van der Waals surface area contributed by atoms with Gasteiger partial charge >= 0.3 is 5.69 Å². The predicted molar refractivity (Wildman–Crippen MR) is 145 cm³/mol. The van der Waals surface area contributed by atoms with Gasteiger partial charge in [-0.1, -0.05) is 61.9 Å². The van der Waals surface area contributed by atoms with Crippen LogP contribution >= 0.6 is 0 Å². The largest absolute Gasteiger partial charge is 0.352 e. The van der Waals surface area contributed by atoms with Gasteiger partial charge in [0.05, 0.1) is 12.2 Å². The Balaban J connectivity index is 1.35. The van der Waals surface area contributed by atoms with Crippen molar-refractivity contribution >= 4 is 5.65 Å². The maximum Gasteiger partial charge on any atom is 0.352 e. The average molecular weight is 521 g/mol. The van der Waals surface area contributed by atoms with Crippen molar-refractivity contribution in [2.24, 2.45) is 0 Å². The van der Waals surface area contributed by atoms with Gasteiger partial charge < -0.3 is 0 Å². The van der Waals surface area contributed by atoms with Crippen LogP contribution in [-0.4, -0.2) is 39.8 Å². The minimum Gasteiger partial charge on any atom is -0.275 e. The molecule has 0 amide bonds. The van der Waals surface area contributed by atoms with Gasteiger partial charge in [0.2, 0.25) is 0 Å². The monoisotopic (exact) mass is 520 g/mol. The predicted octanol–water partition coefficient (Wildman–Crippen LogP) is 4.94. The molecule has 3 aromatic heterocycles. The smallest absolute Gasteiger partial charge is 0.275 e. The molecular formula is C29H25FN8O. The first-order valence-electron chi connectivity index (χ1n) is 12.8. The molecule has 0 aliphatic rings. The lowest BCUT2D eigenvalue weighted by Crippen LogP contribution is -2.31. The number of hydrogen-bond donors (Lipinski definition) is 1. The Kier molecular flexibility index (Phi) is 6.50. The van der Waals surface area contributed by atoms with Gasteiger partial charge in [-0.3, -0.25) is 4.57 Å². The van der Waals surface area contributed by atoms with Crippen LogP contribution < -0.4 is 5.69 Å². The molecule has 0 fully saturated rings. The van der Waals surface area contributed by atoms with Crippen molar-refractivity contribution < 1.29 is 4.39 Å². The second-order valence-corrected chi connectivity index (χ2v) is 9.30. The molecular weight excluding hydrogens is 495 g/mol. The highest BCUT2D eigenvalue weighted by molar-refractivity contribution is 5.80. The Morgan fingerprint density at radius 2 is 1.67 bits per heavy atom. The molecule has 0 spiro atoms. The van der Waals surface area contributed by atoms with Crippen LogP contribution in [0.1, 0.15) is 31.2 Å². The zero-order valence-corrected chi connectivity index (χ0v) is 21.3. The number of unbranched alkanes of at least 4 members (excludes halogenated alkanes) is 1. The first-order valence-corrected chi connectivity index (χ1v) is 12.8. The summed E-state index contributed by atoms with van der Waals surface area (Å²) in [6, 6.07) is 23.8. The third-order valence-corrected chi connectivity index (χ3v) is 6.68. The molecule has 0 atom stereocenters. The van der Waals surface area contributed by atoms with E-state index in [1.54, 1.807) is 22.8 Å². The van der Waals surface area contributed by atoms with E-state index >= 15 is 0 Å². The summed E-state index contributed by atoms with van der Waals surface area (Å²) in [5, 5.41) is 18.8. The van der Waals surface area contributed by atoms with Crippen LogP contribution in [0, 0.1) is 5.82 Å². The molecule has 194 valence electrons. The fourth-order valence-electron chi connectivity index (χ4n) is 4.64. The molecule has 10 heteroatoms. The van der Waals surface area contributed by atoms with E-state index in [0.717, 1.165) is 40.7 Å². The molecule has 0 unspecified atom stereocenters. The lowest BCUT2D eigenvalue weighted by molar-refractivity contribution is 0.599. The molecule has 39 heavy (non-hydrogen) atoms. The summed E-state index contributed by atoms with van der Waals surface area (Å²) in [7, 11) is 0. The second kappa shape index (κ2) is 10.4. The van der Waals surface area contributed by atoms with Gasteiger partial charge in [-0.15, -0.1) is 5.10 Å². The summed E-state index contributed by atoms with van der Waals surface area (Å²) in [5.74, 6) is 0.988. The van der Waals surface area contributed by atoms with Crippen LogP contribution in [0.5, 0.6) is 0 Å². The molecule has 0 aliphatic carbocycles. The summed E-state index contributed by atoms with van der Waals surface area (Å²) < 4.78 is 16.4. The van der Waals surface area contributed by atoms with Gasteiger partial charge in [-0.25, -0.2) is 19.3 Å². The number of nitrogens with zero attached hydrogens (tertiary/aromatic N) is 7. The van der Waals surface area contributed by atoms with Crippen molar-refractivity contribution in [1.29, 1.82) is 0 Å². The van der Waals surface area contributed by atoms with Crippen molar-refractivity contribution in [3.63, 3.8) is 0 Å². The van der Waals surface area contributed by atoms with Gasteiger partial charge in [-0.05, 0) is 57.8 Å². The first-order chi connectivity index (χ1) is 19.1. The van der Waals surface area contributed by atoms with E-state index in [2.05, 4.69) is 32.6 Å². The topological polar surface area (TPSA) is 107 Å². The van der Waals surface area contributed by atoms with Gasteiger partial charge in [0.25, 0.3) is 0 Å². The molecule has 3 aromatic carbocycles. The Bertz CT molecular complexity index is 1790.